The average molecular weight is 480 g/mol. The van der Waals surface area contributed by atoms with Gasteiger partial charge in [0.15, 0.2) is 11.5 Å². The highest BCUT2D eigenvalue weighted by Crippen LogP contribution is 2.31. The smallest absolute Gasteiger partial charge is 0.224 e. The zero-order chi connectivity index (χ0) is 23.9. The number of anilines is 1. The molecule has 4 rings (SSSR count). The number of benzene rings is 2. The predicted molar refractivity (Wildman–Crippen MR) is 138 cm³/mol. The molecule has 7 heteroatoms. The second kappa shape index (κ2) is 11.4. The molecule has 1 N–H and O–H groups in total. The van der Waals surface area contributed by atoms with Gasteiger partial charge >= 0.3 is 0 Å². The zero-order valence-electron chi connectivity index (χ0n) is 20.1. The summed E-state index contributed by atoms with van der Waals surface area (Å²) in [5, 5.41) is 5.38. The van der Waals surface area contributed by atoms with E-state index in [1.54, 1.807) is 25.6 Å². The number of carbonyl (C=O) groups is 1. The molecular formula is C27H33N3O3S. The maximum atomic E-state index is 13.0. The van der Waals surface area contributed by atoms with Crippen molar-refractivity contribution in [2.75, 3.05) is 45.3 Å². The van der Waals surface area contributed by atoms with Crippen LogP contribution in [-0.2, 0) is 11.2 Å². The summed E-state index contributed by atoms with van der Waals surface area (Å²) >= 11 is 1.75. The minimum atomic E-state index is -0.0189. The number of amides is 1. The van der Waals surface area contributed by atoms with Crippen LogP contribution in [0.25, 0.3) is 0 Å². The van der Waals surface area contributed by atoms with Gasteiger partial charge in [0.2, 0.25) is 5.91 Å². The summed E-state index contributed by atoms with van der Waals surface area (Å²) in [6, 6.07) is 20.6. The van der Waals surface area contributed by atoms with Crippen LogP contribution in [0.5, 0.6) is 11.5 Å². The van der Waals surface area contributed by atoms with E-state index in [1.165, 1.54) is 10.6 Å². The Morgan fingerprint density at radius 2 is 1.71 bits per heavy atom. The van der Waals surface area contributed by atoms with Crippen LogP contribution in [0.4, 0.5) is 5.69 Å². The quantitative estimate of drug-likeness (QED) is 0.494. The molecule has 0 radical (unpaired) electrons. The van der Waals surface area contributed by atoms with Crippen molar-refractivity contribution in [1.29, 1.82) is 0 Å². The van der Waals surface area contributed by atoms with Crippen LogP contribution in [0.15, 0.2) is 66.0 Å². The molecule has 0 aliphatic carbocycles. The summed E-state index contributed by atoms with van der Waals surface area (Å²) in [4.78, 5) is 19.2. The number of rotatable bonds is 9. The first-order valence-corrected chi connectivity index (χ1v) is 12.5. The monoisotopic (exact) mass is 479 g/mol. The number of methoxy groups -OCH3 is 2. The summed E-state index contributed by atoms with van der Waals surface area (Å²) in [6.07, 6.45) is 0.295. The largest absolute Gasteiger partial charge is 0.493 e. The third-order valence-corrected chi connectivity index (χ3v) is 7.28. The Balaban J connectivity index is 1.41. The number of carbonyl (C=O) groups excluding carboxylic acids is 1. The molecule has 0 bridgehead atoms. The topological polar surface area (TPSA) is 54.0 Å². The second-order valence-electron chi connectivity index (χ2n) is 8.54. The van der Waals surface area contributed by atoms with E-state index in [0.717, 1.165) is 31.7 Å². The van der Waals surface area contributed by atoms with Crippen molar-refractivity contribution in [3.8, 4) is 11.5 Å². The third kappa shape index (κ3) is 5.72. The lowest BCUT2D eigenvalue weighted by atomic mass is 10.0. The van der Waals surface area contributed by atoms with Gasteiger partial charge in [0.05, 0.1) is 26.7 Å². The first-order chi connectivity index (χ1) is 16.6. The van der Waals surface area contributed by atoms with Gasteiger partial charge in [0, 0.05) is 42.8 Å². The number of para-hydroxylation sites is 1. The summed E-state index contributed by atoms with van der Waals surface area (Å²) in [5.41, 5.74) is 2.16. The Hall–Kier alpha value is -3.03. The molecule has 1 aromatic heterocycles. The molecule has 180 valence electrons. The molecule has 0 unspecified atom stereocenters. The Bertz CT molecular complexity index is 1050. The van der Waals surface area contributed by atoms with E-state index < -0.39 is 0 Å². The van der Waals surface area contributed by atoms with Crippen molar-refractivity contribution in [3.63, 3.8) is 0 Å². The summed E-state index contributed by atoms with van der Waals surface area (Å²) in [6.45, 7) is 5.96. The van der Waals surface area contributed by atoms with E-state index in [0.29, 0.717) is 17.9 Å². The fourth-order valence-electron chi connectivity index (χ4n) is 4.66. The number of nitrogens with one attached hydrogen (secondary N) is 1. The molecule has 1 aliphatic heterocycles. The van der Waals surface area contributed by atoms with Crippen molar-refractivity contribution >= 4 is 22.9 Å². The summed E-state index contributed by atoms with van der Waals surface area (Å²) in [7, 11) is 3.21. The number of hydrogen-bond donors (Lipinski definition) is 1. The summed E-state index contributed by atoms with van der Waals surface area (Å²) in [5.74, 6) is 1.30. The van der Waals surface area contributed by atoms with Crippen molar-refractivity contribution in [3.05, 3.63) is 76.5 Å². The van der Waals surface area contributed by atoms with Gasteiger partial charge in [-0.25, -0.2) is 0 Å². The van der Waals surface area contributed by atoms with Crippen molar-refractivity contribution in [2.45, 2.75) is 25.4 Å². The fourth-order valence-corrected chi connectivity index (χ4v) is 5.62. The lowest BCUT2D eigenvalue weighted by molar-refractivity contribution is -0.121. The first kappa shape index (κ1) is 24.1. The van der Waals surface area contributed by atoms with Crippen LogP contribution in [-0.4, -0.2) is 57.2 Å². The van der Waals surface area contributed by atoms with Gasteiger partial charge in [0.25, 0.3) is 0 Å². The molecule has 3 aromatic rings. The number of piperazine rings is 1. The molecule has 2 heterocycles. The van der Waals surface area contributed by atoms with Gasteiger partial charge in [-0.1, -0.05) is 30.3 Å². The van der Waals surface area contributed by atoms with Gasteiger partial charge in [-0.15, -0.1) is 11.3 Å². The second-order valence-corrected chi connectivity index (χ2v) is 9.52. The lowest BCUT2D eigenvalue weighted by Crippen LogP contribution is -2.52. The zero-order valence-corrected chi connectivity index (χ0v) is 20.9. The maximum Gasteiger partial charge on any atom is 0.224 e. The lowest BCUT2D eigenvalue weighted by Gasteiger charge is -2.42. The van der Waals surface area contributed by atoms with E-state index in [1.807, 2.05) is 18.2 Å². The van der Waals surface area contributed by atoms with Gasteiger partial charge in [0.1, 0.15) is 0 Å². The number of nitrogens with zero attached hydrogens (tertiary/aromatic N) is 2. The van der Waals surface area contributed by atoms with E-state index in [9.17, 15) is 4.79 Å². The molecule has 0 spiro atoms. The highest BCUT2D eigenvalue weighted by molar-refractivity contribution is 7.10. The molecule has 2 atom stereocenters. The average Bonchev–Trinajstić information content (AvgIpc) is 3.39. The van der Waals surface area contributed by atoms with Crippen molar-refractivity contribution in [2.24, 2.45) is 0 Å². The van der Waals surface area contributed by atoms with Gasteiger partial charge in [-0.2, -0.15) is 0 Å². The van der Waals surface area contributed by atoms with Gasteiger partial charge < -0.3 is 19.7 Å². The Labute approximate surface area is 206 Å². The highest BCUT2D eigenvalue weighted by Gasteiger charge is 2.31. The molecule has 1 fully saturated rings. The molecular weight excluding hydrogens is 446 g/mol. The Morgan fingerprint density at radius 3 is 2.35 bits per heavy atom. The van der Waals surface area contributed by atoms with Crippen molar-refractivity contribution in [1.82, 2.24) is 10.2 Å². The highest BCUT2D eigenvalue weighted by atomic mass is 32.1. The molecule has 2 aromatic carbocycles. The number of ether oxygens (including phenoxy) is 2. The maximum absolute atomic E-state index is 13.0. The SMILES string of the molecule is COc1ccc(CC(=O)N[C@H](C)[C@@H](c2cccs2)N2CCN(c3ccccc3)CC2)cc1OC. The van der Waals surface area contributed by atoms with Crippen LogP contribution in [0.1, 0.15) is 23.4 Å². The van der Waals surface area contributed by atoms with E-state index in [2.05, 4.69) is 69.9 Å². The number of hydrogen-bond acceptors (Lipinski definition) is 6. The molecule has 0 saturated carbocycles. The predicted octanol–water partition coefficient (Wildman–Crippen LogP) is 4.38. The molecule has 6 nitrogen and oxygen atoms in total. The fraction of sp³-hybridized carbons (Fsp3) is 0.370. The Morgan fingerprint density at radius 1 is 0.971 bits per heavy atom. The standard InChI is InChI=1S/C27H33N3O3S/c1-20(28-26(31)19-21-11-12-23(32-2)24(18-21)33-3)27(25-10-7-17-34-25)30-15-13-29(14-16-30)22-8-5-4-6-9-22/h4-12,17-18,20,27H,13-16,19H2,1-3H3,(H,28,31)/t20-,27+/m1/s1. The normalized spacial score (nSPS) is 16.0. The van der Waals surface area contributed by atoms with Gasteiger partial charge in [-0.05, 0) is 48.2 Å². The van der Waals surface area contributed by atoms with E-state index in [4.69, 9.17) is 9.47 Å². The van der Waals surface area contributed by atoms with E-state index >= 15 is 0 Å². The Kier molecular flexibility index (Phi) is 8.08. The molecule has 34 heavy (non-hydrogen) atoms. The summed E-state index contributed by atoms with van der Waals surface area (Å²) < 4.78 is 10.7. The number of thiophene rings is 1. The first-order valence-electron chi connectivity index (χ1n) is 11.7. The van der Waals surface area contributed by atoms with Crippen LogP contribution in [0.2, 0.25) is 0 Å². The van der Waals surface area contributed by atoms with Crippen LogP contribution in [0, 0.1) is 0 Å². The van der Waals surface area contributed by atoms with Crippen molar-refractivity contribution < 1.29 is 14.3 Å². The van der Waals surface area contributed by atoms with Crippen LogP contribution in [0.3, 0.4) is 0 Å². The van der Waals surface area contributed by atoms with Gasteiger partial charge in [-0.3, -0.25) is 9.69 Å². The minimum Gasteiger partial charge on any atom is -0.493 e. The van der Waals surface area contributed by atoms with E-state index in [-0.39, 0.29) is 18.0 Å². The van der Waals surface area contributed by atoms with Crippen LogP contribution >= 0.6 is 11.3 Å². The van der Waals surface area contributed by atoms with Crippen LogP contribution < -0.4 is 19.7 Å². The molecule has 1 aliphatic rings. The third-order valence-electron chi connectivity index (χ3n) is 6.34. The minimum absolute atomic E-state index is 0.00389. The molecule has 1 amide bonds. The molecule has 1 saturated heterocycles.